The Balaban J connectivity index is 1.99. The molecule has 4 rings (SSSR count). The van der Waals surface area contributed by atoms with Crippen LogP contribution in [0.1, 0.15) is 18.1 Å². The first-order valence-electron chi connectivity index (χ1n) is 8.09. The number of fused-ring (bicyclic) bond motifs is 1. The molecule has 5 nitrogen and oxygen atoms in total. The van der Waals surface area contributed by atoms with Crippen LogP contribution in [0.5, 0.6) is 0 Å². The summed E-state index contributed by atoms with van der Waals surface area (Å²) < 4.78 is 23.6. The van der Waals surface area contributed by atoms with E-state index in [2.05, 4.69) is 0 Å². The molecule has 0 bridgehead atoms. The van der Waals surface area contributed by atoms with Gasteiger partial charge in [0.1, 0.15) is 19.0 Å². The van der Waals surface area contributed by atoms with Crippen molar-refractivity contribution in [3.63, 3.8) is 0 Å². The van der Waals surface area contributed by atoms with E-state index in [0.717, 1.165) is 11.1 Å². The fourth-order valence-corrected chi connectivity index (χ4v) is 5.62. The molecule has 132 valence electrons. The topological polar surface area (TPSA) is 57.2 Å². The highest BCUT2D eigenvalue weighted by Gasteiger charge is 2.58. The third kappa shape index (κ3) is 2.98. The van der Waals surface area contributed by atoms with Crippen LogP contribution in [0.15, 0.2) is 60.7 Å². The maximum atomic E-state index is 10.7. The smallest absolute Gasteiger partial charge is 0.326 e. The van der Waals surface area contributed by atoms with Crippen LogP contribution >= 0.6 is 6.72 Å². The summed E-state index contributed by atoms with van der Waals surface area (Å²) in [6.45, 7) is -1.56. The van der Waals surface area contributed by atoms with E-state index in [0.29, 0.717) is 0 Å². The van der Waals surface area contributed by atoms with E-state index in [9.17, 15) is 4.89 Å². The van der Waals surface area contributed by atoms with Crippen LogP contribution in [-0.2, 0) is 35.9 Å². The van der Waals surface area contributed by atoms with E-state index < -0.39 is 30.6 Å². The molecule has 3 unspecified atom stereocenters. The molecular formula is C18H19O5PS. The van der Waals surface area contributed by atoms with Crippen LogP contribution in [0.25, 0.3) is 0 Å². The van der Waals surface area contributed by atoms with Crippen LogP contribution in [0.4, 0.5) is 0 Å². The van der Waals surface area contributed by atoms with Gasteiger partial charge in [-0.1, -0.05) is 60.7 Å². The second-order valence-electron chi connectivity index (χ2n) is 6.17. The zero-order valence-electron chi connectivity index (χ0n) is 13.6. The minimum absolute atomic E-state index is 0.141. The van der Waals surface area contributed by atoms with E-state index >= 15 is 0 Å². The molecular weight excluding hydrogens is 359 g/mol. The first-order valence-corrected chi connectivity index (χ1v) is 10.7. The Kier molecular flexibility index (Phi) is 4.54. The van der Waals surface area contributed by atoms with Crippen molar-refractivity contribution < 1.29 is 23.4 Å². The fraction of sp³-hybridized carbons (Fsp3) is 0.333. The maximum absolute atomic E-state index is 10.7. The zero-order chi connectivity index (χ0) is 17.5. The summed E-state index contributed by atoms with van der Waals surface area (Å²) in [4.78, 5) is 10.7. The number of hydrogen-bond acceptors (Lipinski definition) is 5. The molecule has 1 N–H and O–H groups in total. The molecule has 2 aromatic carbocycles. The lowest BCUT2D eigenvalue weighted by Gasteiger charge is -2.39. The Morgan fingerprint density at radius 2 is 1.56 bits per heavy atom. The van der Waals surface area contributed by atoms with Crippen molar-refractivity contribution in [2.45, 2.75) is 30.8 Å². The zero-order valence-corrected chi connectivity index (χ0v) is 15.4. The van der Waals surface area contributed by atoms with Crippen LogP contribution in [0.3, 0.4) is 0 Å². The van der Waals surface area contributed by atoms with Crippen molar-refractivity contribution in [2.24, 2.45) is 0 Å². The largest absolute Gasteiger partial charge is 0.347 e. The summed E-state index contributed by atoms with van der Waals surface area (Å²) in [6, 6.07) is 19.3. The molecule has 0 spiro atoms. The lowest BCUT2D eigenvalue weighted by atomic mass is 9.78. The Bertz CT molecular complexity index is 745. The van der Waals surface area contributed by atoms with Crippen molar-refractivity contribution in [1.82, 2.24) is 0 Å². The summed E-state index contributed by atoms with van der Waals surface area (Å²) >= 11 is 5.30. The van der Waals surface area contributed by atoms with Gasteiger partial charge in [-0.2, -0.15) is 0 Å². The molecule has 0 amide bonds. The molecule has 2 aromatic rings. The summed E-state index contributed by atoms with van der Waals surface area (Å²) in [5, 5.41) is 0. The molecule has 4 atom stereocenters. The van der Waals surface area contributed by atoms with Gasteiger partial charge in [0.05, 0.1) is 6.10 Å². The summed E-state index contributed by atoms with van der Waals surface area (Å²) in [5.74, 6) is 0. The van der Waals surface area contributed by atoms with Crippen LogP contribution in [0.2, 0.25) is 0 Å². The number of ether oxygens (including phenoxy) is 2. The standard InChI is InChI=1S/C18H19O5PS/c1-13-16-17(21-12-20-16)18(23-24(19,25)22-13,14-8-4-2-5-9-14)15-10-6-3-7-11-15/h2-11,13,16-17H,12H2,1H3,(H,19,25)/t13-,16?,17?,24?/m0/s1. The Hall–Kier alpha value is -1.11. The highest BCUT2D eigenvalue weighted by molar-refractivity contribution is 8.07. The first-order chi connectivity index (χ1) is 12.0. The quantitative estimate of drug-likeness (QED) is 0.809. The van der Waals surface area contributed by atoms with Crippen molar-refractivity contribution in [3.8, 4) is 0 Å². The predicted molar refractivity (Wildman–Crippen MR) is 96.4 cm³/mol. The van der Waals surface area contributed by atoms with Gasteiger partial charge in [-0.25, -0.2) is 0 Å². The monoisotopic (exact) mass is 378 g/mol. The summed E-state index contributed by atoms with van der Waals surface area (Å²) in [6.07, 6.45) is -1.35. The van der Waals surface area contributed by atoms with Crippen LogP contribution in [0, 0.1) is 0 Å². The van der Waals surface area contributed by atoms with Gasteiger partial charge in [0, 0.05) is 0 Å². The average molecular weight is 378 g/mol. The molecule has 25 heavy (non-hydrogen) atoms. The average Bonchev–Trinajstić information content (AvgIpc) is 3.08. The van der Waals surface area contributed by atoms with Crippen LogP contribution < -0.4 is 0 Å². The second kappa shape index (κ2) is 6.56. The number of benzene rings is 2. The normalized spacial score (nSPS) is 34.2. The molecule has 2 aliphatic rings. The lowest BCUT2D eigenvalue weighted by molar-refractivity contribution is -0.0485. The van der Waals surface area contributed by atoms with Gasteiger partial charge in [0.15, 0.2) is 5.60 Å². The minimum atomic E-state index is -3.52. The Morgan fingerprint density at radius 1 is 1.00 bits per heavy atom. The molecule has 0 saturated carbocycles. The van der Waals surface area contributed by atoms with Gasteiger partial charge >= 0.3 is 6.72 Å². The van der Waals surface area contributed by atoms with Gasteiger partial charge in [0.25, 0.3) is 0 Å². The van der Waals surface area contributed by atoms with Gasteiger partial charge in [-0.15, -0.1) is 0 Å². The number of hydrogen-bond donors (Lipinski definition) is 1. The Morgan fingerprint density at radius 3 is 2.12 bits per heavy atom. The van der Waals surface area contributed by atoms with Gasteiger partial charge in [-0.05, 0) is 29.9 Å². The lowest BCUT2D eigenvalue weighted by Crippen LogP contribution is -2.48. The van der Waals surface area contributed by atoms with Gasteiger partial charge < -0.3 is 18.9 Å². The minimum Gasteiger partial charge on any atom is -0.347 e. The van der Waals surface area contributed by atoms with Crippen LogP contribution in [-0.4, -0.2) is 30.0 Å². The van der Waals surface area contributed by atoms with E-state index in [4.69, 9.17) is 30.3 Å². The van der Waals surface area contributed by atoms with E-state index in [1.807, 2.05) is 67.6 Å². The van der Waals surface area contributed by atoms with E-state index in [-0.39, 0.29) is 6.79 Å². The van der Waals surface area contributed by atoms with E-state index in [1.165, 1.54) is 0 Å². The van der Waals surface area contributed by atoms with Gasteiger partial charge in [-0.3, -0.25) is 4.52 Å². The third-order valence-corrected chi connectivity index (χ3v) is 6.23. The predicted octanol–water partition coefficient (Wildman–Crippen LogP) is 3.32. The molecule has 0 radical (unpaired) electrons. The molecule has 2 heterocycles. The highest BCUT2D eigenvalue weighted by atomic mass is 32.5. The summed E-state index contributed by atoms with van der Waals surface area (Å²) in [5.41, 5.74) is 0.559. The third-order valence-electron chi connectivity index (χ3n) is 4.63. The fourth-order valence-electron chi connectivity index (χ4n) is 3.60. The van der Waals surface area contributed by atoms with Crippen molar-refractivity contribution >= 4 is 18.5 Å². The van der Waals surface area contributed by atoms with E-state index in [1.54, 1.807) is 0 Å². The molecule has 2 saturated heterocycles. The maximum Gasteiger partial charge on any atom is 0.326 e. The molecule has 2 aliphatic heterocycles. The van der Waals surface area contributed by atoms with Crippen molar-refractivity contribution in [1.29, 1.82) is 0 Å². The second-order valence-corrected chi connectivity index (χ2v) is 8.89. The van der Waals surface area contributed by atoms with Crippen molar-refractivity contribution in [3.05, 3.63) is 71.8 Å². The summed E-state index contributed by atoms with van der Waals surface area (Å²) in [7, 11) is 0. The number of rotatable bonds is 2. The Labute approximate surface area is 151 Å². The molecule has 0 aromatic heterocycles. The van der Waals surface area contributed by atoms with Gasteiger partial charge in [0.2, 0.25) is 0 Å². The highest BCUT2D eigenvalue weighted by Crippen LogP contribution is 2.59. The molecule has 0 aliphatic carbocycles. The molecule has 2 fully saturated rings. The first kappa shape index (κ1) is 17.3. The SMILES string of the molecule is C[C@@H]1OP(O)(=S)OC(c2ccccc2)(c2ccccc2)C2OCOC21. The van der Waals surface area contributed by atoms with Crippen molar-refractivity contribution in [2.75, 3.05) is 6.79 Å². The molecule has 7 heteroatoms.